The Morgan fingerprint density at radius 1 is 0.962 bits per heavy atom. The Labute approximate surface area is 152 Å². The molecular formula is C22H21FN2O. The molecule has 0 saturated carbocycles. The summed E-state index contributed by atoms with van der Waals surface area (Å²) >= 11 is 0. The average molecular weight is 348 g/mol. The van der Waals surface area contributed by atoms with Gasteiger partial charge in [-0.1, -0.05) is 48.5 Å². The minimum absolute atomic E-state index is 0.0711. The van der Waals surface area contributed by atoms with E-state index in [2.05, 4.69) is 10.3 Å². The van der Waals surface area contributed by atoms with Gasteiger partial charge >= 0.3 is 0 Å². The van der Waals surface area contributed by atoms with Crippen molar-refractivity contribution in [2.75, 3.05) is 6.54 Å². The molecule has 1 unspecified atom stereocenters. The zero-order valence-corrected chi connectivity index (χ0v) is 14.4. The molecule has 1 atom stereocenters. The maximum Gasteiger partial charge on any atom is 0.227 e. The van der Waals surface area contributed by atoms with Crippen molar-refractivity contribution >= 4 is 5.91 Å². The highest BCUT2D eigenvalue weighted by atomic mass is 19.1. The van der Waals surface area contributed by atoms with Crippen molar-refractivity contribution in [3.05, 3.63) is 102 Å². The second-order valence-electron chi connectivity index (χ2n) is 6.16. The largest absolute Gasteiger partial charge is 0.355 e. The van der Waals surface area contributed by atoms with Crippen molar-refractivity contribution in [2.24, 2.45) is 0 Å². The van der Waals surface area contributed by atoms with Gasteiger partial charge in [-0.05, 0) is 41.8 Å². The van der Waals surface area contributed by atoms with Crippen LogP contribution in [0.15, 0.2) is 79.0 Å². The molecule has 0 aliphatic rings. The minimum Gasteiger partial charge on any atom is -0.355 e. The lowest BCUT2D eigenvalue weighted by atomic mass is 9.93. The second kappa shape index (κ2) is 8.90. The minimum atomic E-state index is -0.402. The first-order valence-corrected chi connectivity index (χ1v) is 8.69. The van der Waals surface area contributed by atoms with Crippen molar-refractivity contribution in [3.8, 4) is 0 Å². The topological polar surface area (TPSA) is 42.0 Å². The fourth-order valence-electron chi connectivity index (χ4n) is 2.88. The third-order valence-corrected chi connectivity index (χ3v) is 4.28. The average Bonchev–Trinajstić information content (AvgIpc) is 2.68. The van der Waals surface area contributed by atoms with E-state index >= 15 is 0 Å². The van der Waals surface area contributed by atoms with E-state index in [0.717, 1.165) is 17.7 Å². The first-order chi connectivity index (χ1) is 12.7. The van der Waals surface area contributed by atoms with Crippen LogP contribution >= 0.6 is 0 Å². The zero-order chi connectivity index (χ0) is 18.2. The highest BCUT2D eigenvalue weighted by molar-refractivity contribution is 5.83. The van der Waals surface area contributed by atoms with E-state index in [9.17, 15) is 9.18 Å². The highest BCUT2D eigenvalue weighted by Gasteiger charge is 2.21. The predicted molar refractivity (Wildman–Crippen MR) is 100 cm³/mol. The molecule has 0 radical (unpaired) electrons. The van der Waals surface area contributed by atoms with E-state index in [1.54, 1.807) is 18.3 Å². The number of carbonyl (C=O) groups excluding carboxylic acids is 1. The van der Waals surface area contributed by atoms with E-state index in [4.69, 9.17) is 0 Å². The number of hydrogen-bond acceptors (Lipinski definition) is 2. The Bertz CT molecular complexity index is 820. The zero-order valence-electron chi connectivity index (χ0n) is 14.4. The van der Waals surface area contributed by atoms with Crippen LogP contribution in [0.3, 0.4) is 0 Å². The molecule has 3 aromatic rings. The van der Waals surface area contributed by atoms with Gasteiger partial charge in [-0.15, -0.1) is 0 Å². The number of pyridine rings is 1. The van der Waals surface area contributed by atoms with Gasteiger partial charge in [0.25, 0.3) is 0 Å². The molecule has 1 heterocycles. The van der Waals surface area contributed by atoms with Crippen molar-refractivity contribution in [1.29, 1.82) is 0 Å². The molecule has 1 aromatic heterocycles. The maximum absolute atomic E-state index is 13.3. The summed E-state index contributed by atoms with van der Waals surface area (Å²) in [5, 5.41) is 3.00. The molecule has 1 amide bonds. The molecule has 0 saturated heterocycles. The lowest BCUT2D eigenvalue weighted by molar-refractivity contribution is -0.122. The van der Waals surface area contributed by atoms with E-state index in [1.807, 2.05) is 48.5 Å². The van der Waals surface area contributed by atoms with Crippen molar-refractivity contribution in [2.45, 2.75) is 18.8 Å². The molecule has 3 nitrogen and oxygen atoms in total. The van der Waals surface area contributed by atoms with E-state index < -0.39 is 5.92 Å². The van der Waals surface area contributed by atoms with Gasteiger partial charge in [-0.25, -0.2) is 4.39 Å². The van der Waals surface area contributed by atoms with Crippen LogP contribution in [-0.2, 0) is 17.6 Å². The van der Waals surface area contributed by atoms with Gasteiger partial charge in [0.15, 0.2) is 0 Å². The fraction of sp³-hybridized carbons (Fsp3) is 0.182. The van der Waals surface area contributed by atoms with Crippen LogP contribution in [0.5, 0.6) is 0 Å². The molecule has 0 bridgehead atoms. The molecule has 0 aliphatic heterocycles. The molecule has 26 heavy (non-hydrogen) atoms. The first kappa shape index (κ1) is 17.8. The Balaban J connectivity index is 1.69. The van der Waals surface area contributed by atoms with Crippen LogP contribution in [0.25, 0.3) is 0 Å². The van der Waals surface area contributed by atoms with E-state index in [-0.39, 0.29) is 11.7 Å². The van der Waals surface area contributed by atoms with Gasteiger partial charge in [0.05, 0.1) is 5.92 Å². The van der Waals surface area contributed by atoms with Crippen molar-refractivity contribution in [1.82, 2.24) is 10.3 Å². The second-order valence-corrected chi connectivity index (χ2v) is 6.16. The SMILES string of the molecule is O=C(NCCc1ccccc1)C(Cc1ccccn1)c1ccc(F)cc1. The van der Waals surface area contributed by atoms with Crippen LogP contribution in [0, 0.1) is 5.82 Å². The molecule has 3 rings (SSSR count). The molecule has 0 spiro atoms. The summed E-state index contributed by atoms with van der Waals surface area (Å²) in [5.41, 5.74) is 2.80. The lowest BCUT2D eigenvalue weighted by Crippen LogP contribution is -2.32. The number of amides is 1. The van der Waals surface area contributed by atoms with Gasteiger partial charge in [-0.3, -0.25) is 9.78 Å². The Kier molecular flexibility index (Phi) is 6.09. The van der Waals surface area contributed by atoms with Gasteiger partial charge in [0, 0.05) is 24.9 Å². The van der Waals surface area contributed by atoms with E-state index in [0.29, 0.717) is 13.0 Å². The van der Waals surface area contributed by atoms with Crippen LogP contribution in [-0.4, -0.2) is 17.4 Å². The summed E-state index contributed by atoms with van der Waals surface area (Å²) in [6.07, 6.45) is 2.96. The third-order valence-electron chi connectivity index (χ3n) is 4.28. The standard InChI is InChI=1S/C22H21FN2O/c23-19-11-9-18(10-12-19)21(16-20-8-4-5-14-24-20)22(26)25-15-13-17-6-2-1-3-7-17/h1-12,14,21H,13,15-16H2,(H,25,26). The molecule has 1 N–H and O–H groups in total. The maximum atomic E-state index is 13.3. The summed E-state index contributed by atoms with van der Waals surface area (Å²) in [6.45, 7) is 0.558. The quantitative estimate of drug-likeness (QED) is 0.703. The predicted octanol–water partition coefficient (Wildman–Crippen LogP) is 3.91. The number of rotatable bonds is 7. The number of aromatic nitrogens is 1. The Morgan fingerprint density at radius 3 is 2.38 bits per heavy atom. The number of nitrogens with zero attached hydrogens (tertiary/aromatic N) is 1. The number of carbonyl (C=O) groups is 1. The first-order valence-electron chi connectivity index (χ1n) is 8.69. The Morgan fingerprint density at radius 2 is 1.69 bits per heavy atom. The van der Waals surface area contributed by atoms with Crippen molar-refractivity contribution < 1.29 is 9.18 Å². The Hall–Kier alpha value is -3.01. The molecule has 132 valence electrons. The van der Waals surface area contributed by atoms with E-state index in [1.165, 1.54) is 17.7 Å². The summed E-state index contributed by atoms with van der Waals surface area (Å²) < 4.78 is 13.3. The van der Waals surface area contributed by atoms with Crippen LogP contribution < -0.4 is 5.32 Å². The van der Waals surface area contributed by atoms with Gasteiger partial charge in [0.1, 0.15) is 5.82 Å². The summed E-state index contributed by atoms with van der Waals surface area (Å²) in [6, 6.07) is 21.8. The molecule has 2 aromatic carbocycles. The lowest BCUT2D eigenvalue weighted by Gasteiger charge is -2.17. The highest BCUT2D eigenvalue weighted by Crippen LogP contribution is 2.21. The smallest absolute Gasteiger partial charge is 0.227 e. The normalized spacial score (nSPS) is 11.7. The fourth-order valence-corrected chi connectivity index (χ4v) is 2.88. The number of benzene rings is 2. The van der Waals surface area contributed by atoms with Crippen LogP contribution in [0.2, 0.25) is 0 Å². The summed E-state index contributed by atoms with van der Waals surface area (Å²) in [4.78, 5) is 17.1. The van der Waals surface area contributed by atoms with Gasteiger partial charge in [-0.2, -0.15) is 0 Å². The molecule has 0 aliphatic carbocycles. The number of hydrogen-bond donors (Lipinski definition) is 1. The summed E-state index contributed by atoms with van der Waals surface area (Å²) in [5.74, 6) is -0.783. The van der Waals surface area contributed by atoms with Gasteiger partial charge in [0.2, 0.25) is 5.91 Å². The third kappa shape index (κ3) is 4.99. The van der Waals surface area contributed by atoms with Crippen LogP contribution in [0.1, 0.15) is 22.7 Å². The molecule has 0 fully saturated rings. The number of halogens is 1. The number of nitrogens with one attached hydrogen (secondary N) is 1. The van der Waals surface area contributed by atoms with Crippen LogP contribution in [0.4, 0.5) is 4.39 Å². The summed E-state index contributed by atoms with van der Waals surface area (Å²) in [7, 11) is 0. The van der Waals surface area contributed by atoms with Crippen molar-refractivity contribution in [3.63, 3.8) is 0 Å². The molecular weight excluding hydrogens is 327 g/mol. The monoisotopic (exact) mass is 348 g/mol. The van der Waals surface area contributed by atoms with Gasteiger partial charge < -0.3 is 5.32 Å². The molecule has 4 heteroatoms.